The van der Waals surface area contributed by atoms with E-state index >= 15 is 0 Å². The van der Waals surface area contributed by atoms with Gasteiger partial charge in [0, 0.05) is 22.7 Å². The van der Waals surface area contributed by atoms with Crippen molar-refractivity contribution in [2.75, 3.05) is 0 Å². The summed E-state index contributed by atoms with van der Waals surface area (Å²) < 4.78 is 0.575. The van der Waals surface area contributed by atoms with Gasteiger partial charge in [0.05, 0.1) is 0 Å². The maximum atomic E-state index is 5.97. The molecule has 0 spiro atoms. The van der Waals surface area contributed by atoms with Crippen LogP contribution in [0.1, 0.15) is 11.8 Å². The number of hydrogen-bond donors (Lipinski definition) is 1. The number of halogens is 1. The van der Waals surface area contributed by atoms with Crippen molar-refractivity contribution in [2.24, 2.45) is 16.1 Å². The van der Waals surface area contributed by atoms with Gasteiger partial charge in [-0.25, -0.2) is 4.98 Å². The highest BCUT2D eigenvalue weighted by atomic mass is 35.5. The lowest BCUT2D eigenvalue weighted by Crippen LogP contribution is -2.39. The molecular formula is C10H12ClN3S. The summed E-state index contributed by atoms with van der Waals surface area (Å²) in [6.45, 7) is 2.10. The smallest absolute Gasteiger partial charge is 0.183 e. The number of aliphatic imine (C=N–C) groups is 1. The van der Waals surface area contributed by atoms with Gasteiger partial charge in [-0.15, -0.1) is 11.3 Å². The number of rotatable bonds is 2. The van der Waals surface area contributed by atoms with Crippen LogP contribution in [-0.4, -0.2) is 17.4 Å². The summed E-state index contributed by atoms with van der Waals surface area (Å²) in [6.07, 6.45) is 8.21. The Balaban J connectivity index is 2.17. The van der Waals surface area contributed by atoms with Crippen LogP contribution in [0.3, 0.4) is 0 Å². The number of aromatic nitrogens is 1. The van der Waals surface area contributed by atoms with Crippen LogP contribution in [0.15, 0.2) is 23.3 Å². The Labute approximate surface area is 97.7 Å². The van der Waals surface area contributed by atoms with Gasteiger partial charge < -0.3 is 5.73 Å². The normalized spacial score (nSPS) is 29.7. The highest BCUT2D eigenvalue weighted by Crippen LogP contribution is 2.32. The second kappa shape index (κ2) is 4.04. The van der Waals surface area contributed by atoms with Gasteiger partial charge in [0.25, 0.3) is 0 Å². The number of nitrogens with zero attached hydrogens (tertiary/aromatic N) is 2. The van der Waals surface area contributed by atoms with Crippen LogP contribution in [-0.2, 0) is 6.42 Å². The quantitative estimate of drug-likeness (QED) is 0.864. The van der Waals surface area contributed by atoms with Crippen molar-refractivity contribution in [2.45, 2.75) is 19.5 Å². The van der Waals surface area contributed by atoms with Crippen molar-refractivity contribution in [3.63, 3.8) is 0 Å². The molecule has 3 nitrogen and oxygen atoms in total. The highest BCUT2D eigenvalue weighted by Gasteiger charge is 2.30. The number of nitrogens with two attached hydrogens (primary N) is 1. The molecule has 2 atom stereocenters. The van der Waals surface area contributed by atoms with Crippen LogP contribution in [0.4, 0.5) is 0 Å². The molecular weight excluding hydrogens is 230 g/mol. The van der Waals surface area contributed by atoms with Crippen molar-refractivity contribution < 1.29 is 0 Å². The molecule has 1 aliphatic rings. The maximum Gasteiger partial charge on any atom is 0.183 e. The van der Waals surface area contributed by atoms with Crippen molar-refractivity contribution in [1.82, 2.24) is 4.98 Å². The van der Waals surface area contributed by atoms with Crippen LogP contribution >= 0.6 is 22.9 Å². The molecule has 0 saturated heterocycles. The molecule has 1 aromatic rings. The first-order chi connectivity index (χ1) is 7.10. The fraction of sp³-hybridized carbons (Fsp3) is 0.400. The van der Waals surface area contributed by atoms with E-state index in [0.29, 0.717) is 4.47 Å². The van der Waals surface area contributed by atoms with E-state index in [-0.39, 0.29) is 11.6 Å². The average molecular weight is 242 g/mol. The second-order valence-corrected chi connectivity index (χ2v) is 5.56. The predicted octanol–water partition coefficient (Wildman–Crippen LogP) is 2.27. The third-order valence-corrected chi connectivity index (χ3v) is 3.68. The van der Waals surface area contributed by atoms with Gasteiger partial charge in [-0.05, 0) is 12.5 Å². The largest absolute Gasteiger partial charge is 0.309 e. The van der Waals surface area contributed by atoms with Crippen molar-refractivity contribution >= 4 is 29.2 Å². The first-order valence-corrected chi connectivity index (χ1v) is 5.86. The molecule has 0 aliphatic carbocycles. The molecule has 0 radical (unpaired) electrons. The number of hydrogen-bond acceptors (Lipinski definition) is 4. The van der Waals surface area contributed by atoms with Gasteiger partial charge in [-0.3, -0.25) is 4.99 Å². The van der Waals surface area contributed by atoms with Gasteiger partial charge in [-0.1, -0.05) is 24.6 Å². The standard InChI is InChI=1S/C10H12ClN3S/c1-10(3-2-4-13-8(10)12)5-7-6-14-9(11)15-7/h2-4,6,8H,5,12H2,1H3. The molecule has 0 saturated carbocycles. The topological polar surface area (TPSA) is 51.3 Å². The lowest BCUT2D eigenvalue weighted by Gasteiger charge is -2.31. The van der Waals surface area contributed by atoms with E-state index in [0.717, 1.165) is 11.3 Å². The van der Waals surface area contributed by atoms with Gasteiger partial charge in [0.15, 0.2) is 4.47 Å². The van der Waals surface area contributed by atoms with Crippen LogP contribution in [0.5, 0.6) is 0 Å². The Kier molecular flexibility index (Phi) is 2.91. The molecule has 5 heteroatoms. The van der Waals surface area contributed by atoms with Gasteiger partial charge in [0.1, 0.15) is 6.17 Å². The van der Waals surface area contributed by atoms with E-state index in [1.165, 1.54) is 11.3 Å². The summed E-state index contributed by atoms with van der Waals surface area (Å²) in [7, 11) is 0. The Bertz CT molecular complexity index is 413. The SMILES string of the molecule is CC1(Cc2cnc(Cl)s2)C=CC=NC1N. The number of allylic oxidation sites excluding steroid dienone is 1. The molecule has 2 rings (SSSR count). The van der Waals surface area contributed by atoms with Crippen LogP contribution in [0, 0.1) is 5.41 Å². The Morgan fingerprint density at radius 2 is 2.47 bits per heavy atom. The van der Waals surface area contributed by atoms with E-state index in [9.17, 15) is 0 Å². The minimum atomic E-state index is -0.191. The number of thiazole rings is 1. The monoisotopic (exact) mass is 241 g/mol. The third-order valence-electron chi connectivity index (χ3n) is 2.57. The molecule has 2 unspecified atom stereocenters. The van der Waals surface area contributed by atoms with Crippen LogP contribution < -0.4 is 5.73 Å². The van der Waals surface area contributed by atoms with E-state index in [1.807, 2.05) is 6.08 Å². The zero-order chi connectivity index (χ0) is 10.9. The fourth-order valence-electron chi connectivity index (χ4n) is 1.58. The first-order valence-electron chi connectivity index (χ1n) is 4.67. The predicted molar refractivity (Wildman–Crippen MR) is 64.5 cm³/mol. The van der Waals surface area contributed by atoms with E-state index in [2.05, 4.69) is 23.0 Å². The molecule has 80 valence electrons. The minimum Gasteiger partial charge on any atom is -0.309 e. The molecule has 1 aromatic heterocycles. The second-order valence-electron chi connectivity index (χ2n) is 3.86. The highest BCUT2D eigenvalue weighted by molar-refractivity contribution is 7.15. The van der Waals surface area contributed by atoms with Crippen LogP contribution in [0.25, 0.3) is 0 Å². The molecule has 2 heterocycles. The zero-order valence-corrected chi connectivity index (χ0v) is 9.92. The summed E-state index contributed by atoms with van der Waals surface area (Å²) in [5.41, 5.74) is 5.84. The van der Waals surface area contributed by atoms with Gasteiger partial charge >= 0.3 is 0 Å². The molecule has 0 amide bonds. The Morgan fingerprint density at radius 1 is 1.67 bits per heavy atom. The molecule has 0 fully saturated rings. The lowest BCUT2D eigenvalue weighted by molar-refractivity contribution is 0.340. The molecule has 15 heavy (non-hydrogen) atoms. The van der Waals surface area contributed by atoms with Crippen molar-refractivity contribution in [1.29, 1.82) is 0 Å². The summed E-state index contributed by atoms with van der Waals surface area (Å²) in [5, 5.41) is 0. The summed E-state index contributed by atoms with van der Waals surface area (Å²) in [5.74, 6) is 0. The Hall–Kier alpha value is -0.710. The molecule has 0 aromatic carbocycles. The van der Waals surface area contributed by atoms with E-state index in [1.54, 1.807) is 12.4 Å². The molecule has 2 N–H and O–H groups in total. The zero-order valence-electron chi connectivity index (χ0n) is 8.35. The summed E-state index contributed by atoms with van der Waals surface area (Å²) in [6, 6.07) is 0. The average Bonchev–Trinajstić information content (AvgIpc) is 2.57. The van der Waals surface area contributed by atoms with Crippen molar-refractivity contribution in [3.8, 4) is 0 Å². The molecule has 1 aliphatic heterocycles. The van der Waals surface area contributed by atoms with Crippen molar-refractivity contribution in [3.05, 3.63) is 27.7 Å². The first kappa shape index (κ1) is 10.8. The minimum absolute atomic E-state index is 0.134. The molecule has 0 bridgehead atoms. The van der Waals surface area contributed by atoms with Gasteiger partial charge in [0.2, 0.25) is 0 Å². The Morgan fingerprint density at radius 3 is 3.07 bits per heavy atom. The van der Waals surface area contributed by atoms with E-state index in [4.69, 9.17) is 17.3 Å². The van der Waals surface area contributed by atoms with Crippen LogP contribution in [0.2, 0.25) is 4.47 Å². The maximum absolute atomic E-state index is 5.97. The van der Waals surface area contributed by atoms with Gasteiger partial charge in [-0.2, -0.15) is 0 Å². The third kappa shape index (κ3) is 2.27. The summed E-state index contributed by atoms with van der Waals surface area (Å²) >= 11 is 7.28. The lowest BCUT2D eigenvalue weighted by atomic mass is 9.82. The van der Waals surface area contributed by atoms with E-state index < -0.39 is 0 Å². The number of dihydropyridines is 1. The summed E-state index contributed by atoms with van der Waals surface area (Å²) in [4.78, 5) is 9.36. The fourth-order valence-corrected chi connectivity index (χ4v) is 2.73.